The Hall–Kier alpha value is -1.30. The summed E-state index contributed by atoms with van der Waals surface area (Å²) in [5.74, 6) is 1.31. The lowest BCUT2D eigenvalue weighted by molar-refractivity contribution is 0.354. The molecule has 0 aliphatic heterocycles. The number of aromatic nitrogens is 1. The molecule has 0 saturated carbocycles. The number of halogens is 2. The Morgan fingerprint density at radius 1 is 1.14 bits per heavy atom. The molecule has 1 aromatic heterocycles. The van der Waals surface area contributed by atoms with E-state index in [1.807, 2.05) is 0 Å². The summed E-state index contributed by atoms with van der Waals surface area (Å²) >= 11 is 11.8. The van der Waals surface area contributed by atoms with E-state index in [1.54, 1.807) is 31.4 Å². The Labute approximate surface area is 135 Å². The van der Waals surface area contributed by atoms with Crippen LogP contribution in [0.2, 0.25) is 10.0 Å². The molecule has 2 rings (SSSR count). The second kappa shape index (κ2) is 7.11. The van der Waals surface area contributed by atoms with Crippen LogP contribution in [0, 0.1) is 0 Å². The number of ether oxygens (including phenoxy) is 2. The Morgan fingerprint density at radius 2 is 1.86 bits per heavy atom. The van der Waals surface area contributed by atoms with Gasteiger partial charge in [-0.15, -0.1) is 0 Å². The second-order valence-electron chi connectivity index (χ2n) is 4.09. The fourth-order valence-corrected chi connectivity index (χ4v) is 3.34. The lowest BCUT2D eigenvalue weighted by atomic mass is 10.3. The fraction of sp³-hybridized carbons (Fsp3) is 0.214. The lowest BCUT2D eigenvalue weighted by Crippen LogP contribution is -2.01. The van der Waals surface area contributed by atoms with Gasteiger partial charge < -0.3 is 9.47 Å². The van der Waals surface area contributed by atoms with Gasteiger partial charge in [0.1, 0.15) is 0 Å². The van der Waals surface area contributed by atoms with Gasteiger partial charge in [-0.1, -0.05) is 23.2 Å². The number of benzene rings is 1. The summed E-state index contributed by atoms with van der Waals surface area (Å²) in [6, 6.07) is 6.69. The van der Waals surface area contributed by atoms with Crippen molar-refractivity contribution in [3.8, 4) is 11.5 Å². The molecule has 1 heterocycles. The van der Waals surface area contributed by atoms with E-state index < -0.39 is 10.8 Å². The van der Waals surface area contributed by atoms with Crippen molar-refractivity contribution < 1.29 is 13.7 Å². The molecular weight excluding hydrogens is 333 g/mol. The van der Waals surface area contributed by atoms with E-state index in [9.17, 15) is 4.21 Å². The van der Waals surface area contributed by atoms with Gasteiger partial charge in [-0.3, -0.25) is 9.19 Å². The van der Waals surface area contributed by atoms with Crippen LogP contribution in [-0.4, -0.2) is 23.4 Å². The van der Waals surface area contributed by atoms with Crippen LogP contribution < -0.4 is 9.47 Å². The zero-order valence-electron chi connectivity index (χ0n) is 11.4. The van der Waals surface area contributed by atoms with Gasteiger partial charge in [0.05, 0.1) is 46.5 Å². The molecule has 0 aliphatic rings. The van der Waals surface area contributed by atoms with Crippen molar-refractivity contribution in [3.05, 3.63) is 46.2 Å². The molecule has 0 radical (unpaired) electrons. The molecule has 0 amide bonds. The number of rotatable bonds is 5. The summed E-state index contributed by atoms with van der Waals surface area (Å²) < 4.78 is 22.7. The molecule has 0 spiro atoms. The molecule has 4 nitrogen and oxygen atoms in total. The van der Waals surface area contributed by atoms with Crippen molar-refractivity contribution in [1.29, 1.82) is 0 Å². The van der Waals surface area contributed by atoms with Crippen molar-refractivity contribution in [2.75, 3.05) is 14.2 Å². The largest absolute Gasteiger partial charge is 0.493 e. The average molecular weight is 346 g/mol. The summed E-state index contributed by atoms with van der Waals surface area (Å²) in [7, 11) is 1.78. The third-order valence-corrected chi connectivity index (χ3v) is 4.62. The highest BCUT2D eigenvalue weighted by Crippen LogP contribution is 2.30. The van der Waals surface area contributed by atoms with Crippen LogP contribution in [0.1, 0.15) is 5.69 Å². The Balaban J connectivity index is 2.24. The summed E-state index contributed by atoms with van der Waals surface area (Å²) in [6.45, 7) is 0. The smallest absolute Gasteiger partial charge is 0.161 e. The minimum Gasteiger partial charge on any atom is -0.493 e. The topological polar surface area (TPSA) is 48.4 Å². The number of pyridine rings is 1. The summed E-state index contributed by atoms with van der Waals surface area (Å²) in [4.78, 5) is 4.72. The van der Waals surface area contributed by atoms with E-state index in [1.165, 1.54) is 13.3 Å². The zero-order chi connectivity index (χ0) is 15.4. The summed E-state index contributed by atoms with van der Waals surface area (Å²) in [5, 5.41) is 0.844. The maximum atomic E-state index is 12.4. The van der Waals surface area contributed by atoms with E-state index in [0.717, 1.165) is 0 Å². The molecule has 0 aliphatic carbocycles. The maximum absolute atomic E-state index is 12.4. The highest BCUT2D eigenvalue weighted by molar-refractivity contribution is 7.84. The minimum atomic E-state index is -1.30. The lowest BCUT2D eigenvalue weighted by Gasteiger charge is -2.09. The van der Waals surface area contributed by atoms with E-state index in [0.29, 0.717) is 32.1 Å². The van der Waals surface area contributed by atoms with Crippen molar-refractivity contribution in [2.45, 2.75) is 10.6 Å². The normalized spacial score (nSPS) is 12.0. The van der Waals surface area contributed by atoms with Gasteiger partial charge in [-0.2, -0.15) is 0 Å². The standard InChI is InChI=1S/C14H13Cl2NO3S/c1-19-13-4-3-10(6-14(13)20-2)21(18)8-12-11(16)5-9(15)7-17-12/h3-7H,8H2,1-2H3. The Bertz CT molecular complexity index is 679. The SMILES string of the molecule is COc1ccc(S(=O)Cc2ncc(Cl)cc2Cl)cc1OC. The average Bonchev–Trinajstić information content (AvgIpc) is 2.49. The van der Waals surface area contributed by atoms with Gasteiger partial charge in [-0.05, 0) is 18.2 Å². The van der Waals surface area contributed by atoms with Gasteiger partial charge in [0.25, 0.3) is 0 Å². The number of nitrogens with zero attached hydrogens (tertiary/aromatic N) is 1. The van der Waals surface area contributed by atoms with E-state index in [-0.39, 0.29) is 5.75 Å². The summed E-state index contributed by atoms with van der Waals surface area (Å²) in [6.07, 6.45) is 1.48. The predicted molar refractivity (Wildman–Crippen MR) is 83.9 cm³/mol. The zero-order valence-corrected chi connectivity index (χ0v) is 13.8. The highest BCUT2D eigenvalue weighted by Gasteiger charge is 2.13. The van der Waals surface area contributed by atoms with Crippen LogP contribution in [0.3, 0.4) is 0 Å². The van der Waals surface area contributed by atoms with Crippen molar-refractivity contribution in [3.63, 3.8) is 0 Å². The monoisotopic (exact) mass is 345 g/mol. The maximum Gasteiger partial charge on any atom is 0.161 e. The summed E-state index contributed by atoms with van der Waals surface area (Å²) in [5.41, 5.74) is 0.536. The van der Waals surface area contributed by atoms with Crippen LogP contribution >= 0.6 is 23.2 Å². The quantitative estimate of drug-likeness (QED) is 0.828. The first-order valence-corrected chi connectivity index (χ1v) is 8.03. The van der Waals surface area contributed by atoms with Crippen molar-refractivity contribution >= 4 is 34.0 Å². The second-order valence-corrected chi connectivity index (χ2v) is 6.38. The van der Waals surface area contributed by atoms with E-state index in [4.69, 9.17) is 32.7 Å². The molecule has 1 atom stereocenters. The third kappa shape index (κ3) is 3.87. The molecule has 0 fully saturated rings. The van der Waals surface area contributed by atoms with Gasteiger partial charge in [0.15, 0.2) is 11.5 Å². The first kappa shape index (κ1) is 16.1. The predicted octanol–water partition coefficient (Wildman–Crippen LogP) is 3.71. The fourth-order valence-electron chi connectivity index (χ4n) is 1.71. The molecule has 1 unspecified atom stereocenters. The van der Waals surface area contributed by atoms with Crippen LogP contribution in [0.15, 0.2) is 35.4 Å². The van der Waals surface area contributed by atoms with Crippen LogP contribution in [0.5, 0.6) is 11.5 Å². The molecule has 0 saturated heterocycles. The van der Waals surface area contributed by atoms with Crippen LogP contribution in [-0.2, 0) is 16.6 Å². The third-order valence-electron chi connectivity index (χ3n) is 2.77. The molecule has 1 aromatic carbocycles. The molecule has 2 aromatic rings. The molecule has 7 heteroatoms. The molecule has 112 valence electrons. The number of hydrogen-bond acceptors (Lipinski definition) is 4. The molecular formula is C14H13Cl2NO3S. The van der Waals surface area contributed by atoms with Gasteiger partial charge in [0.2, 0.25) is 0 Å². The Morgan fingerprint density at radius 3 is 2.48 bits per heavy atom. The van der Waals surface area contributed by atoms with E-state index >= 15 is 0 Å². The molecule has 0 bridgehead atoms. The van der Waals surface area contributed by atoms with Crippen LogP contribution in [0.4, 0.5) is 0 Å². The molecule has 0 N–H and O–H groups in total. The van der Waals surface area contributed by atoms with Gasteiger partial charge >= 0.3 is 0 Å². The number of hydrogen-bond donors (Lipinski definition) is 0. The minimum absolute atomic E-state index is 0.200. The van der Waals surface area contributed by atoms with Crippen molar-refractivity contribution in [1.82, 2.24) is 4.98 Å². The highest BCUT2D eigenvalue weighted by atomic mass is 35.5. The molecule has 21 heavy (non-hydrogen) atoms. The van der Waals surface area contributed by atoms with Crippen LogP contribution in [0.25, 0.3) is 0 Å². The van der Waals surface area contributed by atoms with Gasteiger partial charge in [0, 0.05) is 17.2 Å². The van der Waals surface area contributed by atoms with E-state index in [2.05, 4.69) is 4.98 Å². The first-order valence-electron chi connectivity index (χ1n) is 5.95. The van der Waals surface area contributed by atoms with Crippen molar-refractivity contribution in [2.24, 2.45) is 0 Å². The number of methoxy groups -OCH3 is 2. The van der Waals surface area contributed by atoms with Gasteiger partial charge in [-0.25, -0.2) is 0 Å². The first-order chi connectivity index (χ1) is 10.0. The Kier molecular flexibility index (Phi) is 5.45.